The predicted octanol–water partition coefficient (Wildman–Crippen LogP) is 3.52. The number of anilines is 1. The maximum Gasteiger partial charge on any atom is 0.327 e. The molecule has 6 heteroatoms. The van der Waals surface area contributed by atoms with E-state index in [2.05, 4.69) is 4.99 Å². The third kappa shape index (κ3) is 3.31. The SMILES string of the molecule is CCc1ccccc1C(=Nc1ccccc1N)C(CC)(C(=O)O)C(=O)O. The zero-order chi connectivity index (χ0) is 19.3. The predicted molar refractivity (Wildman–Crippen MR) is 101 cm³/mol. The summed E-state index contributed by atoms with van der Waals surface area (Å²) in [7, 11) is 0. The average molecular weight is 354 g/mol. The number of carboxylic acids is 2. The first kappa shape index (κ1) is 19.2. The first-order valence-electron chi connectivity index (χ1n) is 8.37. The minimum Gasteiger partial charge on any atom is -0.480 e. The largest absolute Gasteiger partial charge is 0.480 e. The van der Waals surface area contributed by atoms with Crippen LogP contribution in [0, 0.1) is 5.41 Å². The molecule has 0 unspecified atom stereocenters. The molecule has 0 aliphatic heterocycles. The van der Waals surface area contributed by atoms with E-state index in [9.17, 15) is 19.8 Å². The standard InChI is InChI=1S/C20H22N2O4/c1-3-13-9-5-6-10-14(13)17(20(4-2,18(23)24)19(25)26)22-16-12-8-7-11-15(16)21/h5-12H,3-4,21H2,1-2H3,(H,23,24)(H,25,26). The van der Waals surface area contributed by atoms with E-state index >= 15 is 0 Å². The molecule has 0 spiro atoms. The molecule has 6 nitrogen and oxygen atoms in total. The number of rotatable bonds is 7. The van der Waals surface area contributed by atoms with Crippen LogP contribution in [0.4, 0.5) is 11.4 Å². The maximum atomic E-state index is 12.1. The Labute approximate surface area is 152 Å². The third-order valence-corrected chi connectivity index (χ3v) is 4.49. The molecule has 0 aliphatic carbocycles. The fourth-order valence-corrected chi connectivity index (χ4v) is 2.92. The molecule has 4 N–H and O–H groups in total. The monoisotopic (exact) mass is 354 g/mol. The van der Waals surface area contributed by atoms with Gasteiger partial charge in [-0.1, -0.05) is 50.2 Å². The first-order chi connectivity index (χ1) is 12.4. The number of aliphatic imine (C=N–C) groups is 1. The minimum absolute atomic E-state index is 0.0182. The molecule has 0 heterocycles. The van der Waals surface area contributed by atoms with Gasteiger partial charge >= 0.3 is 11.9 Å². The van der Waals surface area contributed by atoms with E-state index in [-0.39, 0.29) is 12.1 Å². The smallest absolute Gasteiger partial charge is 0.327 e. The van der Waals surface area contributed by atoms with Gasteiger partial charge < -0.3 is 15.9 Å². The molecule has 26 heavy (non-hydrogen) atoms. The van der Waals surface area contributed by atoms with E-state index in [4.69, 9.17) is 5.73 Å². The van der Waals surface area contributed by atoms with Crippen molar-refractivity contribution in [3.63, 3.8) is 0 Å². The molecule has 0 fully saturated rings. The molecule has 2 aromatic carbocycles. The molecular formula is C20H22N2O4. The molecule has 0 amide bonds. The van der Waals surface area contributed by atoms with Crippen molar-refractivity contribution in [2.45, 2.75) is 26.7 Å². The van der Waals surface area contributed by atoms with E-state index < -0.39 is 17.4 Å². The van der Waals surface area contributed by atoms with Gasteiger partial charge in [0.25, 0.3) is 0 Å². The molecule has 0 aliphatic rings. The van der Waals surface area contributed by atoms with Crippen molar-refractivity contribution in [1.29, 1.82) is 0 Å². The van der Waals surface area contributed by atoms with Gasteiger partial charge in [0.2, 0.25) is 5.41 Å². The Kier molecular flexibility index (Phi) is 5.77. The van der Waals surface area contributed by atoms with Gasteiger partial charge in [-0.25, -0.2) is 4.99 Å². The summed E-state index contributed by atoms with van der Waals surface area (Å²) in [5, 5.41) is 19.7. The van der Waals surface area contributed by atoms with Crippen LogP contribution in [0.25, 0.3) is 0 Å². The Morgan fingerprint density at radius 3 is 2.12 bits per heavy atom. The zero-order valence-electron chi connectivity index (χ0n) is 14.8. The molecule has 0 atom stereocenters. The number of hydrogen-bond donors (Lipinski definition) is 3. The first-order valence-corrected chi connectivity index (χ1v) is 8.37. The molecule has 2 aromatic rings. The quantitative estimate of drug-likeness (QED) is 0.400. The van der Waals surface area contributed by atoms with Gasteiger partial charge in [-0.15, -0.1) is 0 Å². The number of aliphatic carboxylic acids is 2. The number of nitrogens with two attached hydrogens (primary N) is 1. The van der Waals surface area contributed by atoms with Crippen LogP contribution >= 0.6 is 0 Å². The lowest BCUT2D eigenvalue weighted by Crippen LogP contribution is -2.46. The molecule has 0 saturated carbocycles. The highest BCUT2D eigenvalue weighted by Crippen LogP contribution is 2.34. The Balaban J connectivity index is 2.89. The van der Waals surface area contributed by atoms with Crippen LogP contribution in [0.1, 0.15) is 31.4 Å². The lowest BCUT2D eigenvalue weighted by atomic mass is 9.75. The highest BCUT2D eigenvalue weighted by molar-refractivity contribution is 6.27. The summed E-state index contributed by atoms with van der Waals surface area (Å²) in [5.41, 5.74) is 5.77. The molecule has 136 valence electrons. The van der Waals surface area contributed by atoms with E-state index in [0.717, 1.165) is 5.56 Å². The molecule has 2 rings (SSSR count). The van der Waals surface area contributed by atoms with Gasteiger partial charge in [0, 0.05) is 5.56 Å². The summed E-state index contributed by atoms with van der Waals surface area (Å²) in [6.45, 7) is 3.45. The van der Waals surface area contributed by atoms with Gasteiger partial charge in [0.15, 0.2) is 0 Å². The lowest BCUT2D eigenvalue weighted by molar-refractivity contribution is -0.159. The Morgan fingerprint density at radius 2 is 1.58 bits per heavy atom. The summed E-state index contributed by atoms with van der Waals surface area (Å²) >= 11 is 0. The molecule has 0 saturated heterocycles. The number of hydrogen-bond acceptors (Lipinski definition) is 4. The van der Waals surface area contributed by atoms with E-state index in [1.54, 1.807) is 36.4 Å². The fourth-order valence-electron chi connectivity index (χ4n) is 2.92. The van der Waals surface area contributed by atoms with Gasteiger partial charge in [-0.05, 0) is 30.5 Å². The zero-order valence-corrected chi connectivity index (χ0v) is 14.8. The fraction of sp³-hybridized carbons (Fsp3) is 0.250. The van der Waals surface area contributed by atoms with Crippen LogP contribution in [0.3, 0.4) is 0 Å². The number of nitrogens with zero attached hydrogens (tertiary/aromatic N) is 1. The summed E-state index contributed by atoms with van der Waals surface area (Å²) < 4.78 is 0. The summed E-state index contributed by atoms with van der Waals surface area (Å²) in [4.78, 5) is 28.6. The number of carboxylic acid groups (broad SMARTS) is 2. The van der Waals surface area contributed by atoms with Gasteiger partial charge in [0.1, 0.15) is 0 Å². The second kappa shape index (κ2) is 7.82. The van der Waals surface area contributed by atoms with Crippen molar-refractivity contribution in [2.24, 2.45) is 10.4 Å². The van der Waals surface area contributed by atoms with Crippen LogP contribution in [0.15, 0.2) is 53.5 Å². The number of aryl methyl sites for hydroxylation is 1. The number of nitrogen functional groups attached to an aromatic ring is 1. The lowest BCUT2D eigenvalue weighted by Gasteiger charge is -2.27. The van der Waals surface area contributed by atoms with Crippen molar-refractivity contribution in [3.05, 3.63) is 59.7 Å². The second-order valence-corrected chi connectivity index (χ2v) is 5.90. The number of benzene rings is 2. The molecule has 0 aromatic heterocycles. The van der Waals surface area contributed by atoms with E-state index in [1.165, 1.54) is 6.92 Å². The van der Waals surface area contributed by atoms with Crippen LogP contribution in [0.5, 0.6) is 0 Å². The van der Waals surface area contributed by atoms with Crippen molar-refractivity contribution in [3.8, 4) is 0 Å². The van der Waals surface area contributed by atoms with Crippen molar-refractivity contribution in [1.82, 2.24) is 0 Å². The van der Waals surface area contributed by atoms with E-state index in [1.807, 2.05) is 19.1 Å². The Morgan fingerprint density at radius 1 is 1.00 bits per heavy atom. The highest BCUT2D eigenvalue weighted by atomic mass is 16.4. The van der Waals surface area contributed by atoms with Crippen LogP contribution in [-0.4, -0.2) is 27.9 Å². The summed E-state index contributed by atoms with van der Waals surface area (Å²) in [6.07, 6.45) is 0.458. The van der Waals surface area contributed by atoms with Crippen LogP contribution in [-0.2, 0) is 16.0 Å². The number of carbonyl (C=O) groups is 2. The summed E-state index contributed by atoms with van der Waals surface area (Å²) in [5.74, 6) is -2.90. The molecule has 0 radical (unpaired) electrons. The van der Waals surface area contributed by atoms with Gasteiger partial charge in [-0.3, -0.25) is 9.59 Å². The van der Waals surface area contributed by atoms with Crippen molar-refractivity contribution < 1.29 is 19.8 Å². The van der Waals surface area contributed by atoms with Crippen LogP contribution < -0.4 is 5.73 Å². The Bertz CT molecular complexity index is 844. The Hall–Kier alpha value is -3.15. The number of para-hydroxylation sites is 2. The average Bonchev–Trinajstić information content (AvgIpc) is 2.62. The van der Waals surface area contributed by atoms with E-state index in [0.29, 0.717) is 23.4 Å². The van der Waals surface area contributed by atoms with Crippen molar-refractivity contribution in [2.75, 3.05) is 5.73 Å². The molecule has 0 bridgehead atoms. The second-order valence-electron chi connectivity index (χ2n) is 5.90. The summed E-state index contributed by atoms with van der Waals surface area (Å²) in [6, 6.07) is 13.8. The van der Waals surface area contributed by atoms with Gasteiger partial charge in [0.05, 0.1) is 17.1 Å². The topological polar surface area (TPSA) is 113 Å². The van der Waals surface area contributed by atoms with Gasteiger partial charge in [-0.2, -0.15) is 0 Å². The van der Waals surface area contributed by atoms with Crippen molar-refractivity contribution >= 4 is 29.0 Å². The van der Waals surface area contributed by atoms with Crippen LogP contribution in [0.2, 0.25) is 0 Å². The maximum absolute atomic E-state index is 12.1. The highest BCUT2D eigenvalue weighted by Gasteiger charge is 2.51. The normalized spacial score (nSPS) is 12.0. The molecular weight excluding hydrogens is 332 g/mol. The minimum atomic E-state index is -2.17. The third-order valence-electron chi connectivity index (χ3n) is 4.49.